The normalized spacial score (nSPS) is 14.6. The quantitative estimate of drug-likeness (QED) is 0.507. The number of aromatic nitrogens is 2. The molecule has 7 heteroatoms. The van der Waals surface area contributed by atoms with Crippen molar-refractivity contribution < 1.29 is 4.79 Å². The summed E-state index contributed by atoms with van der Waals surface area (Å²) in [5, 5.41) is 0.943. The molecule has 4 rings (SSSR count). The number of fused-ring (bicyclic) bond motifs is 3. The van der Waals surface area contributed by atoms with E-state index in [0.717, 1.165) is 35.0 Å². The van der Waals surface area contributed by atoms with Crippen LogP contribution >= 0.6 is 23.1 Å². The minimum Gasteiger partial charge on any atom is -0.340 e. The smallest absolute Gasteiger partial charge is 0.260 e. The summed E-state index contributed by atoms with van der Waals surface area (Å²) in [6.07, 6.45) is 4.32. The van der Waals surface area contributed by atoms with E-state index in [0.29, 0.717) is 11.7 Å². The molecule has 3 aromatic rings. The minimum absolute atomic E-state index is 0.0158. The van der Waals surface area contributed by atoms with Crippen molar-refractivity contribution in [1.29, 1.82) is 0 Å². The largest absolute Gasteiger partial charge is 0.340 e. The van der Waals surface area contributed by atoms with E-state index in [2.05, 4.69) is 9.97 Å². The van der Waals surface area contributed by atoms with Crippen molar-refractivity contribution in [1.82, 2.24) is 14.9 Å². The number of hydrogen-bond donors (Lipinski definition) is 1. The van der Waals surface area contributed by atoms with Gasteiger partial charge in [0.15, 0.2) is 5.16 Å². The Bertz CT molecular complexity index is 1060. The highest BCUT2D eigenvalue weighted by Gasteiger charge is 2.23. The molecular formula is C21H23N3O2S2. The number of H-pyrrole nitrogens is 1. The molecule has 0 unspecified atom stereocenters. The van der Waals surface area contributed by atoms with Gasteiger partial charge in [-0.3, -0.25) is 9.59 Å². The van der Waals surface area contributed by atoms with Gasteiger partial charge in [0.05, 0.1) is 10.6 Å². The highest BCUT2D eigenvalue weighted by molar-refractivity contribution is 8.00. The summed E-state index contributed by atoms with van der Waals surface area (Å²) in [5.41, 5.74) is 2.19. The molecule has 28 heavy (non-hydrogen) atoms. The number of thioether (sulfide) groups is 1. The van der Waals surface area contributed by atoms with Gasteiger partial charge in [0.1, 0.15) is 4.83 Å². The number of hydrogen-bond acceptors (Lipinski definition) is 5. The average Bonchev–Trinajstić information content (AvgIpc) is 3.06. The van der Waals surface area contributed by atoms with Crippen molar-refractivity contribution in [3.05, 3.63) is 56.7 Å². The summed E-state index contributed by atoms with van der Waals surface area (Å²) < 4.78 is 0. The van der Waals surface area contributed by atoms with Gasteiger partial charge in [-0.2, -0.15) is 0 Å². The van der Waals surface area contributed by atoms with Gasteiger partial charge in [-0.05, 0) is 43.7 Å². The van der Waals surface area contributed by atoms with E-state index < -0.39 is 0 Å². The van der Waals surface area contributed by atoms with Crippen LogP contribution in [-0.2, 0) is 24.2 Å². The first-order valence-corrected chi connectivity index (χ1v) is 11.2. The predicted molar refractivity (Wildman–Crippen MR) is 115 cm³/mol. The third-order valence-electron chi connectivity index (χ3n) is 5.08. The number of nitrogens with one attached hydrogen (secondary N) is 1. The fraction of sp³-hybridized carbons (Fsp3) is 0.381. The summed E-state index contributed by atoms with van der Waals surface area (Å²) in [4.78, 5) is 36.8. The number of carbonyl (C=O) groups is 1. The van der Waals surface area contributed by atoms with Gasteiger partial charge in [0.25, 0.3) is 5.56 Å². The minimum atomic E-state index is -0.330. The molecule has 1 atom stereocenters. The Morgan fingerprint density at radius 1 is 1.29 bits per heavy atom. The fourth-order valence-corrected chi connectivity index (χ4v) is 5.89. The monoisotopic (exact) mass is 413 g/mol. The van der Waals surface area contributed by atoms with Gasteiger partial charge in [-0.1, -0.05) is 42.1 Å². The molecule has 1 aliphatic rings. The van der Waals surface area contributed by atoms with Crippen LogP contribution in [0.25, 0.3) is 10.2 Å². The maximum absolute atomic E-state index is 12.7. The second-order valence-corrected chi connectivity index (χ2v) is 9.62. The second-order valence-electron chi connectivity index (χ2n) is 7.20. The Morgan fingerprint density at radius 3 is 2.82 bits per heavy atom. The zero-order valence-corrected chi connectivity index (χ0v) is 17.7. The predicted octanol–water partition coefficient (Wildman–Crippen LogP) is 4.00. The average molecular weight is 414 g/mol. The molecule has 0 aliphatic heterocycles. The van der Waals surface area contributed by atoms with Gasteiger partial charge in [0, 0.05) is 18.5 Å². The Morgan fingerprint density at radius 2 is 2.04 bits per heavy atom. The number of aromatic amines is 1. The summed E-state index contributed by atoms with van der Waals surface area (Å²) in [5.74, 6) is 0.0158. The Kier molecular flexibility index (Phi) is 5.55. The van der Waals surface area contributed by atoms with Crippen LogP contribution < -0.4 is 5.56 Å². The summed E-state index contributed by atoms with van der Waals surface area (Å²) in [7, 11) is 1.80. The van der Waals surface area contributed by atoms with Crippen LogP contribution in [0.5, 0.6) is 0 Å². The lowest BCUT2D eigenvalue weighted by atomic mass is 9.97. The van der Waals surface area contributed by atoms with Gasteiger partial charge in [0.2, 0.25) is 5.91 Å². The number of benzene rings is 1. The van der Waals surface area contributed by atoms with E-state index in [9.17, 15) is 9.59 Å². The van der Waals surface area contributed by atoms with Crippen LogP contribution in [0.2, 0.25) is 0 Å². The zero-order valence-electron chi connectivity index (χ0n) is 16.0. The highest BCUT2D eigenvalue weighted by Crippen LogP contribution is 2.34. The molecule has 146 valence electrons. The number of nitrogens with zero attached hydrogens (tertiary/aromatic N) is 2. The molecule has 1 amide bonds. The third-order valence-corrected chi connectivity index (χ3v) is 7.24. The van der Waals surface area contributed by atoms with Crippen molar-refractivity contribution in [3.8, 4) is 0 Å². The summed E-state index contributed by atoms with van der Waals surface area (Å²) >= 11 is 2.95. The van der Waals surface area contributed by atoms with Crippen LogP contribution in [0, 0.1) is 0 Å². The van der Waals surface area contributed by atoms with Gasteiger partial charge in [-0.25, -0.2) is 4.98 Å². The molecule has 0 bridgehead atoms. The molecule has 0 radical (unpaired) electrons. The number of amides is 1. The van der Waals surface area contributed by atoms with E-state index in [1.807, 2.05) is 37.3 Å². The second kappa shape index (κ2) is 8.09. The molecule has 2 heterocycles. The van der Waals surface area contributed by atoms with Crippen molar-refractivity contribution in [2.75, 3.05) is 7.05 Å². The Labute approximate surface area is 172 Å². The van der Waals surface area contributed by atoms with Crippen LogP contribution in [0.1, 0.15) is 35.8 Å². The summed E-state index contributed by atoms with van der Waals surface area (Å²) in [6.45, 7) is 2.42. The van der Waals surface area contributed by atoms with E-state index in [-0.39, 0.29) is 16.7 Å². The number of rotatable bonds is 5. The lowest BCUT2D eigenvalue weighted by Crippen LogP contribution is -2.33. The van der Waals surface area contributed by atoms with E-state index >= 15 is 0 Å². The number of carbonyl (C=O) groups excluding carboxylic acids is 1. The molecule has 1 aliphatic carbocycles. The standard InChI is InChI=1S/C21H23N3O2S2/c1-13(20(26)24(2)12-14-8-4-3-5-9-14)27-21-22-18(25)17-15-10-6-7-11-16(15)28-19(17)23-21/h3-5,8-9,13H,6-7,10-12H2,1-2H3,(H,22,23,25)/t13-/m1/s1. The van der Waals surface area contributed by atoms with Crippen molar-refractivity contribution >= 4 is 39.2 Å². The topological polar surface area (TPSA) is 66.1 Å². The summed E-state index contributed by atoms with van der Waals surface area (Å²) in [6, 6.07) is 9.91. The highest BCUT2D eigenvalue weighted by atomic mass is 32.2. The van der Waals surface area contributed by atoms with Crippen molar-refractivity contribution in [2.24, 2.45) is 0 Å². The molecule has 5 nitrogen and oxygen atoms in total. The molecular weight excluding hydrogens is 390 g/mol. The SMILES string of the molecule is C[C@@H](Sc1nc2sc3c(c2c(=O)[nH]1)CCCC3)C(=O)N(C)Cc1ccccc1. The Balaban J connectivity index is 1.51. The van der Waals surface area contributed by atoms with Gasteiger partial charge < -0.3 is 9.88 Å². The van der Waals surface area contributed by atoms with Gasteiger partial charge in [-0.15, -0.1) is 11.3 Å². The van der Waals surface area contributed by atoms with Crippen molar-refractivity contribution in [2.45, 2.75) is 49.6 Å². The van der Waals surface area contributed by atoms with E-state index in [4.69, 9.17) is 0 Å². The Hall–Kier alpha value is -2.12. The number of aryl methyl sites for hydroxylation is 2. The lowest BCUT2D eigenvalue weighted by Gasteiger charge is -2.21. The van der Waals surface area contributed by atoms with Crippen LogP contribution in [0.4, 0.5) is 0 Å². The van der Waals surface area contributed by atoms with Crippen LogP contribution in [-0.4, -0.2) is 33.1 Å². The first-order valence-electron chi connectivity index (χ1n) is 9.53. The molecule has 1 N–H and O–H groups in total. The van der Waals surface area contributed by atoms with Crippen molar-refractivity contribution in [3.63, 3.8) is 0 Å². The molecule has 2 aromatic heterocycles. The fourth-order valence-electron chi connectivity index (χ4n) is 3.66. The third kappa shape index (κ3) is 3.86. The molecule has 0 fully saturated rings. The van der Waals surface area contributed by atoms with Gasteiger partial charge >= 0.3 is 0 Å². The number of thiophene rings is 1. The van der Waals surface area contributed by atoms with E-state index in [1.54, 1.807) is 23.3 Å². The maximum Gasteiger partial charge on any atom is 0.260 e. The molecule has 0 spiro atoms. The lowest BCUT2D eigenvalue weighted by molar-refractivity contribution is -0.129. The van der Waals surface area contributed by atoms with Crippen LogP contribution in [0.15, 0.2) is 40.3 Å². The first kappa shape index (κ1) is 19.2. The molecule has 0 saturated heterocycles. The first-order chi connectivity index (χ1) is 13.5. The molecule has 0 saturated carbocycles. The molecule has 1 aromatic carbocycles. The van der Waals surface area contributed by atoms with E-state index in [1.165, 1.54) is 28.6 Å². The maximum atomic E-state index is 12.7. The van der Waals surface area contributed by atoms with Crippen LogP contribution in [0.3, 0.4) is 0 Å². The zero-order chi connectivity index (χ0) is 19.7.